The van der Waals surface area contributed by atoms with E-state index in [0.29, 0.717) is 48.5 Å². The average molecular weight is 517 g/mol. The van der Waals surface area contributed by atoms with Crippen molar-refractivity contribution in [2.24, 2.45) is 5.16 Å². The van der Waals surface area contributed by atoms with Crippen molar-refractivity contribution in [2.75, 3.05) is 26.7 Å². The van der Waals surface area contributed by atoms with E-state index in [1.54, 1.807) is 35.2 Å². The molecule has 38 heavy (non-hydrogen) atoms. The summed E-state index contributed by atoms with van der Waals surface area (Å²) in [6, 6.07) is 7.74. The van der Waals surface area contributed by atoms with Gasteiger partial charge in [-0.3, -0.25) is 24.7 Å². The number of rotatable bonds is 4. The third kappa shape index (κ3) is 4.61. The number of likely N-dealkylation sites (tertiary alicyclic amines) is 1. The SMILES string of the molecule is COc1ccc2c(c1)C(=O)N(C[C@@]1(C#Cc3ccc(C(=NO)N4CCC(=O)CC4)nc3)NC(=O)NC1=O)C2. The molecule has 0 aliphatic carbocycles. The zero-order valence-corrected chi connectivity index (χ0v) is 20.5. The van der Waals surface area contributed by atoms with E-state index >= 15 is 0 Å². The molecule has 3 aliphatic heterocycles. The summed E-state index contributed by atoms with van der Waals surface area (Å²) in [5, 5.41) is 17.7. The maximum Gasteiger partial charge on any atom is 0.323 e. The molecule has 3 aliphatic rings. The molecule has 0 radical (unpaired) electrons. The van der Waals surface area contributed by atoms with Gasteiger partial charge in [0.05, 0.1) is 13.7 Å². The van der Waals surface area contributed by atoms with Crippen molar-refractivity contribution in [3.63, 3.8) is 0 Å². The van der Waals surface area contributed by atoms with Crippen LogP contribution in [0.3, 0.4) is 0 Å². The fourth-order valence-electron chi connectivity index (χ4n) is 4.64. The van der Waals surface area contributed by atoms with Crippen molar-refractivity contribution in [2.45, 2.75) is 24.9 Å². The first-order valence-corrected chi connectivity index (χ1v) is 11.9. The van der Waals surface area contributed by atoms with Gasteiger partial charge < -0.3 is 25.1 Å². The van der Waals surface area contributed by atoms with Gasteiger partial charge in [0.1, 0.15) is 17.2 Å². The summed E-state index contributed by atoms with van der Waals surface area (Å²) < 4.78 is 5.21. The second-order valence-corrected chi connectivity index (χ2v) is 9.13. The Bertz CT molecular complexity index is 1420. The lowest BCUT2D eigenvalue weighted by Crippen LogP contribution is -2.54. The number of nitrogens with one attached hydrogen (secondary N) is 2. The number of hydrogen-bond acceptors (Lipinski definition) is 8. The minimum absolute atomic E-state index is 0.159. The minimum Gasteiger partial charge on any atom is -0.497 e. The number of pyridine rings is 1. The maximum absolute atomic E-state index is 13.0. The molecule has 0 saturated carbocycles. The van der Waals surface area contributed by atoms with Crippen molar-refractivity contribution in [1.82, 2.24) is 25.4 Å². The Labute approximate surface area is 217 Å². The number of carbonyl (C=O) groups is 4. The zero-order chi connectivity index (χ0) is 26.9. The van der Waals surface area contributed by atoms with Crippen LogP contribution in [0.5, 0.6) is 5.75 Å². The molecule has 4 heterocycles. The second kappa shape index (κ2) is 9.85. The number of piperidine rings is 1. The minimum atomic E-state index is -1.66. The van der Waals surface area contributed by atoms with Crippen molar-refractivity contribution in [1.29, 1.82) is 0 Å². The standard InChI is InChI=1S/C26H24N6O6/c1-38-19-4-3-17-14-32(23(34)20(17)12-19)15-26(24(35)28-25(36)29-26)9-6-16-2-5-21(27-13-16)22(30-37)31-10-7-18(33)8-11-31/h2-5,12-13,37H,7-8,10-11,14-15H2,1H3,(H2,28,29,35,36)/t26-/m1/s1. The number of nitrogens with zero attached hydrogens (tertiary/aromatic N) is 4. The smallest absolute Gasteiger partial charge is 0.323 e. The Kier molecular flexibility index (Phi) is 6.42. The number of aromatic nitrogens is 1. The number of methoxy groups -OCH3 is 1. The number of imide groups is 1. The number of hydrogen-bond donors (Lipinski definition) is 3. The third-order valence-electron chi connectivity index (χ3n) is 6.69. The number of fused-ring (bicyclic) bond motifs is 1. The normalized spacial score (nSPS) is 21.0. The second-order valence-electron chi connectivity index (χ2n) is 9.13. The highest BCUT2D eigenvalue weighted by Gasteiger charge is 2.48. The van der Waals surface area contributed by atoms with E-state index in [2.05, 4.69) is 32.6 Å². The first-order chi connectivity index (χ1) is 18.3. The molecule has 4 amide bonds. The third-order valence-corrected chi connectivity index (χ3v) is 6.69. The topological polar surface area (TPSA) is 154 Å². The Balaban J connectivity index is 1.36. The molecule has 194 valence electrons. The van der Waals surface area contributed by atoms with Crippen molar-refractivity contribution in [3.05, 3.63) is 58.9 Å². The van der Waals surface area contributed by atoms with Crippen LogP contribution in [0.1, 0.15) is 40.0 Å². The highest BCUT2D eigenvalue weighted by Crippen LogP contribution is 2.28. The van der Waals surface area contributed by atoms with Gasteiger partial charge in [-0.2, -0.15) is 0 Å². The summed E-state index contributed by atoms with van der Waals surface area (Å²) in [6.07, 6.45) is 2.20. The number of oxime groups is 1. The number of urea groups is 1. The van der Waals surface area contributed by atoms with Crippen LogP contribution >= 0.6 is 0 Å². The first-order valence-electron chi connectivity index (χ1n) is 11.9. The van der Waals surface area contributed by atoms with Gasteiger partial charge in [-0.1, -0.05) is 23.1 Å². The van der Waals surface area contributed by atoms with Crippen LogP contribution in [0.4, 0.5) is 4.79 Å². The van der Waals surface area contributed by atoms with E-state index in [4.69, 9.17) is 4.74 Å². The molecule has 12 heteroatoms. The molecule has 1 atom stereocenters. The fraction of sp³-hybridized carbons (Fsp3) is 0.308. The lowest BCUT2D eigenvalue weighted by molar-refractivity contribution is -0.122. The summed E-state index contributed by atoms with van der Waals surface area (Å²) in [7, 11) is 1.51. The Morgan fingerprint density at radius 1 is 1.18 bits per heavy atom. The highest BCUT2D eigenvalue weighted by atomic mass is 16.5. The average Bonchev–Trinajstić information content (AvgIpc) is 3.38. The molecule has 12 nitrogen and oxygen atoms in total. The van der Waals surface area contributed by atoms with Crippen LogP contribution in [-0.2, 0) is 16.1 Å². The molecule has 0 spiro atoms. The lowest BCUT2D eigenvalue weighted by atomic mass is 9.99. The highest BCUT2D eigenvalue weighted by molar-refractivity contribution is 6.10. The summed E-state index contributed by atoms with van der Waals surface area (Å²) in [4.78, 5) is 57.0. The zero-order valence-electron chi connectivity index (χ0n) is 20.5. The number of amides is 4. The lowest BCUT2D eigenvalue weighted by Gasteiger charge is -2.27. The molecule has 2 saturated heterocycles. The number of benzene rings is 1. The predicted molar refractivity (Wildman–Crippen MR) is 132 cm³/mol. The molecule has 5 rings (SSSR count). The van der Waals surface area contributed by atoms with Crippen LogP contribution in [-0.4, -0.2) is 81.7 Å². The Morgan fingerprint density at radius 3 is 2.61 bits per heavy atom. The number of ether oxygens (including phenoxy) is 1. The van der Waals surface area contributed by atoms with E-state index in [0.717, 1.165) is 5.56 Å². The van der Waals surface area contributed by atoms with Gasteiger partial charge in [0.15, 0.2) is 5.84 Å². The van der Waals surface area contributed by atoms with Crippen LogP contribution in [0.2, 0.25) is 0 Å². The van der Waals surface area contributed by atoms with E-state index in [-0.39, 0.29) is 30.6 Å². The van der Waals surface area contributed by atoms with E-state index < -0.39 is 17.5 Å². The van der Waals surface area contributed by atoms with Crippen LogP contribution in [0.25, 0.3) is 0 Å². The van der Waals surface area contributed by atoms with Gasteiger partial charge in [0.25, 0.3) is 11.8 Å². The summed E-state index contributed by atoms with van der Waals surface area (Å²) >= 11 is 0. The van der Waals surface area contributed by atoms with Crippen LogP contribution < -0.4 is 15.4 Å². The quantitative estimate of drug-likeness (QED) is 0.132. The molecule has 1 aromatic heterocycles. The van der Waals surface area contributed by atoms with Gasteiger partial charge >= 0.3 is 6.03 Å². The van der Waals surface area contributed by atoms with E-state index in [9.17, 15) is 24.4 Å². The van der Waals surface area contributed by atoms with Gasteiger partial charge in [0, 0.05) is 49.8 Å². The van der Waals surface area contributed by atoms with E-state index in [1.807, 2.05) is 0 Å². The van der Waals surface area contributed by atoms with Gasteiger partial charge in [-0.05, 0) is 29.8 Å². The van der Waals surface area contributed by atoms with Crippen molar-refractivity contribution >= 4 is 29.5 Å². The molecule has 1 aromatic carbocycles. The number of ketones is 1. The van der Waals surface area contributed by atoms with Crippen molar-refractivity contribution < 1.29 is 29.1 Å². The van der Waals surface area contributed by atoms with Crippen molar-refractivity contribution in [3.8, 4) is 17.6 Å². The molecular formula is C26H24N6O6. The maximum atomic E-state index is 13.0. The molecule has 2 fully saturated rings. The Hall–Kier alpha value is -4.92. The number of Topliss-reactive ketones (excluding diaryl/α,β-unsaturated/α-hetero) is 1. The molecule has 0 unspecified atom stereocenters. The summed E-state index contributed by atoms with van der Waals surface area (Å²) in [6.45, 7) is 0.968. The fourth-order valence-corrected chi connectivity index (χ4v) is 4.64. The van der Waals surface area contributed by atoms with Crippen LogP contribution in [0.15, 0.2) is 41.7 Å². The number of carbonyl (C=O) groups excluding carboxylic acids is 4. The largest absolute Gasteiger partial charge is 0.497 e. The summed E-state index contributed by atoms with van der Waals surface area (Å²) in [5.41, 5.74) is 0.424. The molecule has 0 bridgehead atoms. The van der Waals surface area contributed by atoms with E-state index in [1.165, 1.54) is 18.2 Å². The Morgan fingerprint density at radius 2 is 1.97 bits per heavy atom. The summed E-state index contributed by atoms with van der Waals surface area (Å²) in [5.74, 6) is 5.71. The predicted octanol–water partition coefficient (Wildman–Crippen LogP) is 0.477. The monoisotopic (exact) mass is 516 g/mol. The van der Waals surface area contributed by atoms with Crippen LogP contribution in [0, 0.1) is 11.8 Å². The van der Waals surface area contributed by atoms with Gasteiger partial charge in [-0.25, -0.2) is 4.79 Å². The molecule has 3 N–H and O–H groups in total. The van der Waals surface area contributed by atoms with Gasteiger partial charge in [0.2, 0.25) is 5.54 Å². The molecule has 2 aromatic rings. The molecular weight excluding hydrogens is 492 g/mol. The first kappa shape index (κ1) is 24.8. The van der Waals surface area contributed by atoms with Gasteiger partial charge in [-0.15, -0.1) is 0 Å². The number of amidine groups is 1.